The van der Waals surface area contributed by atoms with E-state index >= 15 is 0 Å². The molecule has 3 saturated carbocycles. The minimum absolute atomic E-state index is 0.0867. The van der Waals surface area contributed by atoms with Gasteiger partial charge in [-0.1, -0.05) is 99.2 Å². The van der Waals surface area contributed by atoms with Crippen molar-refractivity contribution in [2.24, 2.45) is 40.4 Å². The van der Waals surface area contributed by atoms with E-state index in [1.165, 1.54) is 55.2 Å². The predicted octanol–water partition coefficient (Wildman–Crippen LogP) is 9.66. The Morgan fingerprint density at radius 2 is 1.60 bits per heavy atom. The van der Waals surface area contributed by atoms with Gasteiger partial charge in [-0.15, -0.1) is 0 Å². The van der Waals surface area contributed by atoms with Gasteiger partial charge in [-0.2, -0.15) is 0 Å². The zero-order valence-corrected chi connectivity index (χ0v) is 25.1. The van der Waals surface area contributed by atoms with Crippen molar-refractivity contribution in [3.8, 4) is 0 Å². The lowest BCUT2D eigenvalue weighted by molar-refractivity contribution is -0.148. The molecule has 0 amide bonds. The average molecular weight is 537 g/mol. The van der Waals surface area contributed by atoms with Crippen molar-refractivity contribution in [1.82, 2.24) is 0 Å². The van der Waals surface area contributed by atoms with Gasteiger partial charge in [0, 0.05) is 13.3 Å². The van der Waals surface area contributed by atoms with Crippen LogP contribution in [0.15, 0.2) is 78.4 Å². The summed E-state index contributed by atoms with van der Waals surface area (Å²) in [6.45, 7) is 9.31. The zero-order chi connectivity index (χ0) is 27.9. The number of benzene rings is 2. The number of ether oxygens (including phenoxy) is 1. The van der Waals surface area contributed by atoms with Crippen molar-refractivity contribution >= 4 is 11.5 Å². The van der Waals surface area contributed by atoms with Gasteiger partial charge in [0.2, 0.25) is 0 Å². The normalized spacial score (nSPS) is 35.4. The van der Waals surface area contributed by atoms with E-state index in [1.54, 1.807) is 12.5 Å². The Morgan fingerprint density at radius 1 is 0.925 bits per heavy atom. The molecule has 0 spiro atoms. The molecule has 0 radical (unpaired) electrons. The Hall–Kier alpha value is -2.61. The molecule has 0 unspecified atom stereocenters. The highest BCUT2D eigenvalue weighted by Gasteiger charge is 2.59. The van der Waals surface area contributed by atoms with Crippen LogP contribution in [0.25, 0.3) is 5.57 Å². The van der Waals surface area contributed by atoms with Gasteiger partial charge in [0.25, 0.3) is 0 Å². The second-order valence-corrected chi connectivity index (χ2v) is 14.0. The fourth-order valence-corrected chi connectivity index (χ4v) is 10.0. The van der Waals surface area contributed by atoms with Gasteiger partial charge in [0.05, 0.1) is 0 Å². The third kappa shape index (κ3) is 4.90. The Bertz CT molecular complexity index is 1220. The molecule has 4 aliphatic carbocycles. The zero-order valence-electron chi connectivity index (χ0n) is 25.1. The smallest absolute Gasteiger partial charge is 0.302 e. The molecule has 0 aromatic heterocycles. The molecule has 2 aromatic rings. The van der Waals surface area contributed by atoms with E-state index in [9.17, 15) is 4.79 Å². The third-order valence-electron chi connectivity index (χ3n) is 12.0. The molecule has 0 heterocycles. The van der Waals surface area contributed by atoms with E-state index in [0.29, 0.717) is 16.7 Å². The highest BCUT2D eigenvalue weighted by atomic mass is 16.5. The highest BCUT2D eigenvalue weighted by molar-refractivity contribution is 5.79. The minimum atomic E-state index is -0.128. The molecular weight excluding hydrogens is 488 g/mol. The van der Waals surface area contributed by atoms with E-state index < -0.39 is 0 Å². The van der Waals surface area contributed by atoms with Crippen LogP contribution in [0.5, 0.6) is 0 Å². The number of hydrogen-bond donors (Lipinski definition) is 0. The molecule has 8 atom stereocenters. The quantitative estimate of drug-likeness (QED) is 0.271. The van der Waals surface area contributed by atoms with Gasteiger partial charge >= 0.3 is 5.97 Å². The van der Waals surface area contributed by atoms with E-state index in [4.69, 9.17) is 4.74 Å². The first-order valence-electron chi connectivity index (χ1n) is 16.0. The van der Waals surface area contributed by atoms with Crippen LogP contribution in [-0.4, -0.2) is 12.1 Å². The highest BCUT2D eigenvalue weighted by Crippen LogP contribution is 2.67. The molecule has 2 heteroatoms. The molecule has 2 nitrogen and oxygen atoms in total. The molecule has 4 aliphatic rings. The summed E-state index contributed by atoms with van der Waals surface area (Å²) in [5.41, 5.74) is 6.35. The maximum atomic E-state index is 11.6. The molecule has 40 heavy (non-hydrogen) atoms. The second-order valence-electron chi connectivity index (χ2n) is 14.0. The summed E-state index contributed by atoms with van der Waals surface area (Å²) in [7, 11) is 0. The predicted molar refractivity (Wildman–Crippen MR) is 164 cm³/mol. The number of fused-ring (bicyclic) bond motifs is 5. The first kappa shape index (κ1) is 27.6. The summed E-state index contributed by atoms with van der Waals surface area (Å²) in [6, 6.07) is 21.9. The number of carbonyl (C=O) groups excluding carboxylic acids is 1. The minimum Gasteiger partial charge on any atom is -0.462 e. The lowest BCUT2D eigenvalue weighted by Gasteiger charge is -2.58. The van der Waals surface area contributed by atoms with Crippen LogP contribution in [-0.2, 0) is 9.53 Å². The molecule has 0 bridgehead atoms. The fraction of sp³-hybridized carbons (Fsp3) is 0.553. The van der Waals surface area contributed by atoms with E-state index in [0.717, 1.165) is 42.9 Å². The number of esters is 1. The van der Waals surface area contributed by atoms with Crippen LogP contribution in [0.4, 0.5) is 0 Å². The molecule has 6 rings (SSSR count). The summed E-state index contributed by atoms with van der Waals surface area (Å²) >= 11 is 0. The van der Waals surface area contributed by atoms with Gasteiger partial charge < -0.3 is 4.74 Å². The van der Waals surface area contributed by atoms with Crippen LogP contribution in [0.3, 0.4) is 0 Å². The van der Waals surface area contributed by atoms with Gasteiger partial charge in [-0.05, 0) is 108 Å². The molecular formula is C38H48O2. The lowest BCUT2D eigenvalue weighted by Crippen LogP contribution is -2.51. The molecule has 0 N–H and O–H groups in total. The SMILES string of the molecule is CC(=O)O[C@H]1CC[C@@]2(C)C(=CC[C@H]3[C@@H]4CC[C@H]([C@H](C)CC=C(c5ccccc5)c5ccccc5)[C@@]4(C)CC[C@@H]32)C1. The maximum Gasteiger partial charge on any atom is 0.302 e. The van der Waals surface area contributed by atoms with E-state index in [-0.39, 0.29) is 12.1 Å². The first-order chi connectivity index (χ1) is 19.3. The third-order valence-corrected chi connectivity index (χ3v) is 12.0. The maximum absolute atomic E-state index is 11.6. The van der Waals surface area contributed by atoms with Crippen molar-refractivity contribution in [2.45, 2.75) is 91.6 Å². The van der Waals surface area contributed by atoms with Crippen molar-refractivity contribution in [3.63, 3.8) is 0 Å². The lowest BCUT2D eigenvalue weighted by atomic mass is 9.47. The largest absolute Gasteiger partial charge is 0.462 e. The number of carbonyl (C=O) groups is 1. The topological polar surface area (TPSA) is 26.3 Å². The summed E-state index contributed by atoms with van der Waals surface area (Å²) in [4.78, 5) is 11.6. The van der Waals surface area contributed by atoms with Crippen LogP contribution in [0.1, 0.15) is 96.6 Å². The summed E-state index contributed by atoms with van der Waals surface area (Å²) in [6.07, 6.45) is 16.3. The van der Waals surface area contributed by atoms with Gasteiger partial charge in [0.15, 0.2) is 0 Å². The fourth-order valence-electron chi connectivity index (χ4n) is 10.0. The van der Waals surface area contributed by atoms with Crippen molar-refractivity contribution in [2.75, 3.05) is 0 Å². The van der Waals surface area contributed by atoms with Crippen LogP contribution < -0.4 is 0 Å². The average Bonchev–Trinajstić information content (AvgIpc) is 3.31. The van der Waals surface area contributed by atoms with Crippen LogP contribution >= 0.6 is 0 Å². The Morgan fingerprint density at radius 3 is 2.25 bits per heavy atom. The van der Waals surface area contributed by atoms with Crippen molar-refractivity contribution < 1.29 is 9.53 Å². The van der Waals surface area contributed by atoms with E-state index in [1.807, 2.05) is 0 Å². The Kier molecular flexibility index (Phi) is 7.57. The van der Waals surface area contributed by atoms with E-state index in [2.05, 4.69) is 93.6 Å². The summed E-state index contributed by atoms with van der Waals surface area (Å²) in [5, 5.41) is 0. The van der Waals surface area contributed by atoms with Crippen LogP contribution in [0.2, 0.25) is 0 Å². The van der Waals surface area contributed by atoms with Crippen molar-refractivity contribution in [1.29, 1.82) is 0 Å². The van der Waals surface area contributed by atoms with Gasteiger partial charge in [-0.25, -0.2) is 0 Å². The second kappa shape index (κ2) is 11.0. The van der Waals surface area contributed by atoms with Crippen molar-refractivity contribution in [3.05, 3.63) is 89.5 Å². The molecule has 212 valence electrons. The standard InChI is InChI=1S/C38H48O2/c1-26(15-17-32(28-11-7-5-8-12-28)29-13-9-6-10-14-29)34-19-20-35-33-18-16-30-25-31(40-27(2)39)21-23-37(30,3)36(33)22-24-38(34,35)4/h5-14,16-17,26,31,33-36H,15,18-25H2,1-4H3/t26-,31+,33+,34-,35+,36+,37+,38-/m1/s1. The summed E-state index contributed by atoms with van der Waals surface area (Å²) in [5.74, 6) is 3.79. The van der Waals surface area contributed by atoms with Gasteiger partial charge in [-0.3, -0.25) is 4.79 Å². The molecule has 0 saturated heterocycles. The Balaban J connectivity index is 1.20. The number of rotatable bonds is 6. The number of hydrogen-bond acceptors (Lipinski definition) is 2. The first-order valence-corrected chi connectivity index (χ1v) is 16.0. The molecule has 3 fully saturated rings. The molecule has 2 aromatic carbocycles. The van der Waals surface area contributed by atoms with Gasteiger partial charge in [0.1, 0.15) is 6.10 Å². The Labute approximate surface area is 242 Å². The monoisotopic (exact) mass is 536 g/mol. The number of allylic oxidation sites excluding steroid dienone is 2. The molecule has 0 aliphatic heterocycles. The van der Waals surface area contributed by atoms with Crippen LogP contribution in [0, 0.1) is 40.4 Å². The summed E-state index contributed by atoms with van der Waals surface area (Å²) < 4.78 is 5.66.